The van der Waals surface area contributed by atoms with E-state index in [-0.39, 0.29) is 5.91 Å². The van der Waals surface area contributed by atoms with Crippen LogP contribution in [0.5, 0.6) is 0 Å². The molecule has 9 heteroatoms. The van der Waals surface area contributed by atoms with E-state index in [1.807, 2.05) is 0 Å². The van der Waals surface area contributed by atoms with Gasteiger partial charge in [0.05, 0.1) is 0 Å². The van der Waals surface area contributed by atoms with Gasteiger partial charge in [0.15, 0.2) is 0 Å². The third-order valence-corrected chi connectivity index (χ3v) is 8.20. The van der Waals surface area contributed by atoms with Crippen molar-refractivity contribution < 1.29 is 24.6 Å². The van der Waals surface area contributed by atoms with Crippen LogP contribution in [0.3, 0.4) is 0 Å². The predicted molar refractivity (Wildman–Crippen MR) is 103 cm³/mol. The molecule has 26 heavy (non-hydrogen) atoms. The molecule has 136 valence electrons. The van der Waals surface area contributed by atoms with Crippen molar-refractivity contribution in [1.29, 1.82) is 0 Å². The standard InChI is InChI=1S/C17H14ClNO5SSe/c18-10-5-7-11(8-6-10)19-16(22)12-3-1-2-4-14(12)26-25-13(17(23)24)9-15(20)21/h1-8,13H,9H2,(H,19,22)(H,20,21)(H,23,24). The van der Waals surface area contributed by atoms with Crippen LogP contribution >= 0.6 is 21.8 Å². The maximum atomic E-state index is 12.5. The molecule has 0 aliphatic heterocycles. The summed E-state index contributed by atoms with van der Waals surface area (Å²) in [4.78, 5) is 34.5. The van der Waals surface area contributed by atoms with E-state index >= 15 is 0 Å². The van der Waals surface area contributed by atoms with Crippen molar-refractivity contribution in [3.8, 4) is 0 Å². The van der Waals surface area contributed by atoms with Crippen LogP contribution in [0.15, 0.2) is 48.5 Å². The number of carbonyl (C=O) groups excluding carboxylic acids is 1. The molecule has 0 aliphatic carbocycles. The number of hydrogen-bond acceptors (Lipinski definition) is 4. The number of aliphatic carboxylic acids is 2. The van der Waals surface area contributed by atoms with Crippen LogP contribution in [0.25, 0.3) is 0 Å². The fourth-order valence-electron chi connectivity index (χ4n) is 1.89. The van der Waals surface area contributed by atoms with E-state index in [1.54, 1.807) is 48.5 Å². The predicted octanol–water partition coefficient (Wildman–Crippen LogP) is 2.50. The van der Waals surface area contributed by atoms with Gasteiger partial charge in [-0.1, -0.05) is 0 Å². The average Bonchev–Trinajstić information content (AvgIpc) is 2.60. The first-order valence-corrected chi connectivity index (χ1v) is 11.4. The molecule has 0 fully saturated rings. The average molecular weight is 459 g/mol. The molecule has 0 aromatic heterocycles. The third kappa shape index (κ3) is 6.07. The molecule has 0 aliphatic rings. The summed E-state index contributed by atoms with van der Waals surface area (Å²) >= 11 is 5.38. The molecule has 0 heterocycles. The summed E-state index contributed by atoms with van der Waals surface area (Å²) in [6.45, 7) is 0. The van der Waals surface area contributed by atoms with Crippen molar-refractivity contribution in [2.75, 3.05) is 5.32 Å². The van der Waals surface area contributed by atoms with Crippen LogP contribution in [0, 0.1) is 0 Å². The van der Waals surface area contributed by atoms with Gasteiger partial charge in [0.25, 0.3) is 0 Å². The van der Waals surface area contributed by atoms with Gasteiger partial charge in [0.1, 0.15) is 0 Å². The van der Waals surface area contributed by atoms with Gasteiger partial charge in [0.2, 0.25) is 0 Å². The summed E-state index contributed by atoms with van der Waals surface area (Å²) < 4.78 is 0.688. The first-order chi connectivity index (χ1) is 12.4. The molecular weight excluding hydrogens is 445 g/mol. The number of rotatable bonds is 8. The Kier molecular flexibility index (Phi) is 7.53. The van der Waals surface area contributed by atoms with Crippen molar-refractivity contribution in [3.05, 3.63) is 59.1 Å². The van der Waals surface area contributed by atoms with Crippen LogP contribution in [0.2, 0.25) is 5.02 Å². The van der Waals surface area contributed by atoms with Crippen LogP contribution in [-0.4, -0.2) is 47.1 Å². The van der Waals surface area contributed by atoms with Gasteiger partial charge in [-0.25, -0.2) is 0 Å². The molecule has 2 rings (SSSR count). The summed E-state index contributed by atoms with van der Waals surface area (Å²) in [7, 11) is 1.04. The Bertz CT molecular complexity index is 815. The Labute approximate surface area is 164 Å². The van der Waals surface area contributed by atoms with Gasteiger partial charge in [0, 0.05) is 0 Å². The van der Waals surface area contributed by atoms with E-state index in [0.717, 1.165) is 10.2 Å². The summed E-state index contributed by atoms with van der Waals surface area (Å²) in [5.74, 6) is -2.67. The number of hydrogen-bond donors (Lipinski definition) is 3. The SMILES string of the molecule is O=C(O)CC(S[Se]c1ccccc1C(=O)Nc1ccc(Cl)cc1)C(=O)O. The van der Waals surface area contributed by atoms with Gasteiger partial charge in [-0.05, 0) is 0 Å². The molecule has 0 saturated heterocycles. The Morgan fingerprint density at radius 3 is 2.35 bits per heavy atom. The fourth-order valence-corrected chi connectivity index (χ4v) is 6.42. The van der Waals surface area contributed by atoms with Crippen molar-refractivity contribution in [2.45, 2.75) is 11.7 Å². The van der Waals surface area contributed by atoms with Crippen LogP contribution in [0.1, 0.15) is 16.8 Å². The van der Waals surface area contributed by atoms with Crippen molar-refractivity contribution in [2.24, 2.45) is 0 Å². The van der Waals surface area contributed by atoms with E-state index in [9.17, 15) is 14.4 Å². The molecule has 1 amide bonds. The van der Waals surface area contributed by atoms with E-state index in [1.165, 1.54) is 0 Å². The Balaban J connectivity index is 2.11. The van der Waals surface area contributed by atoms with Crippen LogP contribution in [0.4, 0.5) is 5.69 Å². The van der Waals surface area contributed by atoms with E-state index in [2.05, 4.69) is 5.32 Å². The molecule has 2 aromatic rings. The van der Waals surface area contributed by atoms with Gasteiger partial charge >= 0.3 is 164 Å². The second-order valence-electron chi connectivity index (χ2n) is 5.06. The van der Waals surface area contributed by atoms with Crippen molar-refractivity contribution >= 4 is 63.6 Å². The number of nitrogens with one attached hydrogen (secondary N) is 1. The molecule has 2 aromatic carbocycles. The fraction of sp³-hybridized carbons (Fsp3) is 0.118. The molecule has 1 unspecified atom stereocenters. The number of carboxylic acids is 2. The zero-order chi connectivity index (χ0) is 19.1. The Hall–Kier alpha value is -1.99. The molecule has 3 N–H and O–H groups in total. The molecule has 1 atom stereocenters. The number of halogens is 1. The maximum absolute atomic E-state index is 12.5. The van der Waals surface area contributed by atoms with Gasteiger partial charge in [-0.3, -0.25) is 0 Å². The quantitative estimate of drug-likeness (QED) is 0.525. The third-order valence-electron chi connectivity index (χ3n) is 3.12. The first kappa shape index (κ1) is 20.3. The number of carboxylic acid groups (broad SMARTS) is 2. The van der Waals surface area contributed by atoms with Crippen molar-refractivity contribution in [1.82, 2.24) is 0 Å². The monoisotopic (exact) mass is 459 g/mol. The Morgan fingerprint density at radius 2 is 1.73 bits per heavy atom. The van der Waals surface area contributed by atoms with Crippen LogP contribution in [-0.2, 0) is 9.59 Å². The van der Waals surface area contributed by atoms with E-state index in [4.69, 9.17) is 21.8 Å². The number of anilines is 1. The zero-order valence-electron chi connectivity index (χ0n) is 13.2. The molecule has 0 bridgehead atoms. The zero-order valence-corrected chi connectivity index (χ0v) is 16.5. The first-order valence-electron chi connectivity index (χ1n) is 7.30. The summed E-state index contributed by atoms with van der Waals surface area (Å²) in [6, 6.07) is 13.5. The van der Waals surface area contributed by atoms with Crippen molar-refractivity contribution in [3.63, 3.8) is 0 Å². The second kappa shape index (κ2) is 9.64. The number of benzene rings is 2. The summed E-state index contributed by atoms with van der Waals surface area (Å²) in [5.41, 5.74) is 1.01. The van der Waals surface area contributed by atoms with E-state index in [0.29, 0.717) is 20.7 Å². The van der Waals surface area contributed by atoms with Gasteiger partial charge < -0.3 is 0 Å². The second-order valence-corrected chi connectivity index (χ2v) is 9.61. The minimum atomic E-state index is -1.18. The Morgan fingerprint density at radius 1 is 1.08 bits per heavy atom. The summed E-state index contributed by atoms with van der Waals surface area (Å²) in [6.07, 6.45) is -0.471. The van der Waals surface area contributed by atoms with Gasteiger partial charge in [-0.2, -0.15) is 0 Å². The summed E-state index contributed by atoms with van der Waals surface area (Å²) in [5, 5.41) is 20.2. The molecule has 0 radical (unpaired) electrons. The normalized spacial score (nSPS) is 11.6. The molecule has 0 spiro atoms. The van der Waals surface area contributed by atoms with Crippen LogP contribution < -0.4 is 9.78 Å². The molecule has 6 nitrogen and oxygen atoms in total. The number of amides is 1. The van der Waals surface area contributed by atoms with E-state index < -0.39 is 37.4 Å². The molecular formula is C17H14ClNO5SSe. The minimum absolute atomic E-state index is 0.324. The van der Waals surface area contributed by atoms with Gasteiger partial charge in [-0.15, -0.1) is 0 Å². The molecule has 0 saturated carbocycles. The number of carbonyl (C=O) groups is 3. The topological polar surface area (TPSA) is 104 Å².